The van der Waals surface area contributed by atoms with Crippen molar-refractivity contribution in [1.82, 2.24) is 0 Å². The van der Waals surface area contributed by atoms with Gasteiger partial charge in [0, 0.05) is 0 Å². The maximum Gasteiger partial charge on any atom is 0.395 e. The van der Waals surface area contributed by atoms with Crippen LogP contribution in [0.1, 0.15) is 29.5 Å². The summed E-state index contributed by atoms with van der Waals surface area (Å²) in [6, 6.07) is 10.3. The summed E-state index contributed by atoms with van der Waals surface area (Å²) in [5.74, 6) is -1.34. The zero-order valence-corrected chi connectivity index (χ0v) is 13.2. The van der Waals surface area contributed by atoms with Gasteiger partial charge in [-0.1, -0.05) is 54.6 Å². The minimum Gasteiger partial charge on any atom is -0.170 e. The number of fused-ring (bicyclic) bond motifs is 4. The lowest BCUT2D eigenvalue weighted by Gasteiger charge is -2.29. The number of aryl methyl sites for hydroxylation is 1. The molecule has 24 heavy (non-hydrogen) atoms. The molecule has 3 heteroatoms. The van der Waals surface area contributed by atoms with Crippen LogP contribution in [0.15, 0.2) is 54.6 Å². The molecule has 0 radical (unpaired) electrons. The van der Waals surface area contributed by atoms with Crippen LogP contribution in [0.5, 0.6) is 0 Å². The van der Waals surface area contributed by atoms with Gasteiger partial charge in [-0.15, -0.1) is 0 Å². The summed E-state index contributed by atoms with van der Waals surface area (Å²) < 4.78 is 39.0. The van der Waals surface area contributed by atoms with Crippen molar-refractivity contribution in [1.29, 1.82) is 0 Å². The van der Waals surface area contributed by atoms with Gasteiger partial charge in [-0.3, -0.25) is 0 Å². The Balaban J connectivity index is 1.81. The van der Waals surface area contributed by atoms with E-state index in [0.717, 1.165) is 34.1 Å². The van der Waals surface area contributed by atoms with Crippen molar-refractivity contribution in [2.45, 2.75) is 25.4 Å². The third-order valence-corrected chi connectivity index (χ3v) is 5.12. The van der Waals surface area contributed by atoms with Crippen molar-refractivity contribution in [2.24, 2.45) is 5.92 Å². The average Bonchev–Trinajstić information content (AvgIpc) is 2.59. The summed E-state index contributed by atoms with van der Waals surface area (Å²) in [7, 11) is 0. The average molecular weight is 326 g/mol. The topological polar surface area (TPSA) is 0 Å². The summed E-state index contributed by atoms with van der Waals surface area (Å²) in [5, 5.41) is 2.35. The first-order chi connectivity index (χ1) is 11.5. The number of hydrogen-bond donors (Lipinski definition) is 0. The van der Waals surface area contributed by atoms with E-state index in [2.05, 4.69) is 30.8 Å². The SMILES string of the molecule is C=Cc1ccc2c3c(ccc2c1)C1=C(CC3)CC(C(F)(F)F)C=C1. The molecule has 2 aliphatic carbocycles. The van der Waals surface area contributed by atoms with Crippen LogP contribution in [0.4, 0.5) is 13.2 Å². The van der Waals surface area contributed by atoms with E-state index in [1.807, 2.05) is 12.1 Å². The molecule has 0 saturated carbocycles. The van der Waals surface area contributed by atoms with E-state index in [4.69, 9.17) is 0 Å². The summed E-state index contributed by atoms with van der Waals surface area (Å²) in [4.78, 5) is 0. The second-order valence-corrected chi connectivity index (χ2v) is 6.50. The third-order valence-electron chi connectivity index (χ3n) is 5.12. The Morgan fingerprint density at radius 3 is 2.67 bits per heavy atom. The molecule has 2 aromatic rings. The van der Waals surface area contributed by atoms with Crippen molar-refractivity contribution in [3.63, 3.8) is 0 Å². The molecular formula is C21H17F3. The number of alkyl halides is 3. The largest absolute Gasteiger partial charge is 0.395 e. The Morgan fingerprint density at radius 1 is 1.08 bits per heavy atom. The fourth-order valence-corrected chi connectivity index (χ4v) is 3.85. The van der Waals surface area contributed by atoms with Crippen LogP contribution in [-0.2, 0) is 6.42 Å². The van der Waals surface area contributed by atoms with E-state index < -0.39 is 12.1 Å². The zero-order chi connectivity index (χ0) is 16.9. The van der Waals surface area contributed by atoms with Gasteiger partial charge < -0.3 is 0 Å². The van der Waals surface area contributed by atoms with Gasteiger partial charge in [0.05, 0.1) is 5.92 Å². The number of allylic oxidation sites excluding steroid dienone is 4. The molecule has 1 atom stereocenters. The van der Waals surface area contributed by atoms with Crippen LogP contribution in [0.3, 0.4) is 0 Å². The summed E-state index contributed by atoms with van der Waals surface area (Å²) in [5.41, 5.74) is 5.34. The van der Waals surface area contributed by atoms with Crippen molar-refractivity contribution < 1.29 is 13.2 Å². The Morgan fingerprint density at radius 2 is 1.92 bits per heavy atom. The summed E-state index contributed by atoms with van der Waals surface area (Å²) >= 11 is 0. The second-order valence-electron chi connectivity index (χ2n) is 6.50. The standard InChI is InChI=1S/C21H17F3/c1-2-13-3-7-17-14(11-13)4-8-20-18-10-6-16(21(22,23)24)12-15(18)5-9-19(17)20/h2-4,6-8,10-11,16H,1,5,9,12H2. The predicted octanol–water partition coefficient (Wildman–Crippen LogP) is 6.32. The third kappa shape index (κ3) is 2.39. The quantitative estimate of drug-likeness (QED) is 0.575. The molecule has 2 aliphatic rings. The Kier molecular flexibility index (Phi) is 3.41. The fourth-order valence-electron chi connectivity index (χ4n) is 3.85. The Labute approximate surface area is 139 Å². The van der Waals surface area contributed by atoms with Gasteiger partial charge in [0.25, 0.3) is 0 Å². The molecule has 2 aromatic carbocycles. The van der Waals surface area contributed by atoms with E-state index in [1.165, 1.54) is 17.0 Å². The van der Waals surface area contributed by atoms with Gasteiger partial charge in [0.2, 0.25) is 0 Å². The highest BCUT2D eigenvalue weighted by Crippen LogP contribution is 2.44. The molecule has 0 aromatic heterocycles. The van der Waals surface area contributed by atoms with Crippen molar-refractivity contribution >= 4 is 22.4 Å². The lowest BCUT2D eigenvalue weighted by atomic mass is 9.77. The van der Waals surface area contributed by atoms with Gasteiger partial charge in [-0.05, 0) is 58.4 Å². The Bertz CT molecular complexity index is 897. The van der Waals surface area contributed by atoms with E-state index in [9.17, 15) is 13.2 Å². The summed E-state index contributed by atoms with van der Waals surface area (Å²) in [6.07, 6.45) is 2.28. The van der Waals surface area contributed by atoms with Gasteiger partial charge in [0.1, 0.15) is 0 Å². The number of halogens is 3. The maximum atomic E-state index is 13.0. The molecule has 122 valence electrons. The molecule has 1 unspecified atom stereocenters. The van der Waals surface area contributed by atoms with Crippen molar-refractivity contribution in [3.05, 3.63) is 71.3 Å². The molecule has 0 amide bonds. The van der Waals surface area contributed by atoms with Gasteiger partial charge in [-0.25, -0.2) is 0 Å². The van der Waals surface area contributed by atoms with Crippen LogP contribution >= 0.6 is 0 Å². The molecule has 0 heterocycles. The van der Waals surface area contributed by atoms with E-state index in [1.54, 1.807) is 6.08 Å². The van der Waals surface area contributed by atoms with Gasteiger partial charge in [0.15, 0.2) is 0 Å². The monoisotopic (exact) mass is 326 g/mol. The second kappa shape index (κ2) is 5.37. The van der Waals surface area contributed by atoms with Crippen LogP contribution in [0.2, 0.25) is 0 Å². The highest BCUT2D eigenvalue weighted by molar-refractivity contribution is 5.94. The molecule has 0 aliphatic heterocycles. The minimum absolute atomic E-state index is 0.0994. The van der Waals surface area contributed by atoms with Crippen LogP contribution in [0.25, 0.3) is 22.4 Å². The first-order valence-electron chi connectivity index (χ1n) is 8.13. The number of benzene rings is 2. The molecule has 0 fully saturated rings. The molecule has 0 nitrogen and oxygen atoms in total. The first-order valence-corrected chi connectivity index (χ1v) is 8.13. The minimum atomic E-state index is -4.15. The molecule has 0 bridgehead atoms. The number of rotatable bonds is 1. The van der Waals surface area contributed by atoms with Crippen LogP contribution in [-0.4, -0.2) is 6.18 Å². The van der Waals surface area contributed by atoms with E-state index in [0.29, 0.717) is 6.42 Å². The highest BCUT2D eigenvalue weighted by atomic mass is 19.4. The van der Waals surface area contributed by atoms with Crippen molar-refractivity contribution in [3.8, 4) is 0 Å². The normalized spacial score (nSPS) is 20.0. The maximum absolute atomic E-state index is 13.0. The Hall–Kier alpha value is -2.29. The predicted molar refractivity (Wildman–Crippen MR) is 92.6 cm³/mol. The van der Waals surface area contributed by atoms with Crippen LogP contribution in [0, 0.1) is 5.92 Å². The van der Waals surface area contributed by atoms with Gasteiger partial charge >= 0.3 is 6.18 Å². The van der Waals surface area contributed by atoms with E-state index in [-0.39, 0.29) is 6.42 Å². The van der Waals surface area contributed by atoms with Gasteiger partial charge in [-0.2, -0.15) is 13.2 Å². The zero-order valence-electron chi connectivity index (χ0n) is 13.2. The smallest absolute Gasteiger partial charge is 0.170 e. The molecule has 0 saturated heterocycles. The van der Waals surface area contributed by atoms with Crippen LogP contribution < -0.4 is 0 Å². The molecule has 4 rings (SSSR count). The first kappa shape index (κ1) is 15.3. The molecular weight excluding hydrogens is 309 g/mol. The number of hydrogen-bond acceptors (Lipinski definition) is 0. The summed E-state index contributed by atoms with van der Waals surface area (Å²) in [6.45, 7) is 3.80. The lowest BCUT2D eigenvalue weighted by Crippen LogP contribution is -2.24. The highest BCUT2D eigenvalue weighted by Gasteiger charge is 2.40. The van der Waals surface area contributed by atoms with Crippen molar-refractivity contribution in [2.75, 3.05) is 0 Å². The lowest BCUT2D eigenvalue weighted by molar-refractivity contribution is -0.160. The van der Waals surface area contributed by atoms with E-state index >= 15 is 0 Å². The molecule has 0 spiro atoms. The molecule has 0 N–H and O–H groups in total. The fraction of sp³-hybridized carbons (Fsp3) is 0.238.